The molecule has 11 nitrogen and oxygen atoms in total. The van der Waals surface area contributed by atoms with Crippen LogP contribution in [0.3, 0.4) is 0 Å². The molecule has 3 heterocycles. The molecule has 11 heteroatoms. The second-order valence-corrected chi connectivity index (χ2v) is 11.7. The summed E-state index contributed by atoms with van der Waals surface area (Å²) in [5, 5.41) is 19.6. The fourth-order valence-corrected chi connectivity index (χ4v) is 5.35. The van der Waals surface area contributed by atoms with Gasteiger partial charge in [-0.05, 0) is 39.2 Å². The lowest BCUT2D eigenvalue weighted by molar-refractivity contribution is -0.422. The summed E-state index contributed by atoms with van der Waals surface area (Å²) in [4.78, 5) is 23.0. The van der Waals surface area contributed by atoms with E-state index in [0.29, 0.717) is 24.8 Å². The third-order valence-electron chi connectivity index (χ3n) is 7.34. The Kier molecular flexibility index (Phi) is 7.28. The maximum atomic E-state index is 12.0. The largest absolute Gasteiger partial charge is 0.491 e. The van der Waals surface area contributed by atoms with Gasteiger partial charge in [0.15, 0.2) is 0 Å². The van der Waals surface area contributed by atoms with Gasteiger partial charge in [-0.25, -0.2) is 9.97 Å². The highest BCUT2D eigenvalue weighted by Gasteiger charge is 2.40. The lowest BCUT2D eigenvalue weighted by Crippen LogP contribution is -2.49. The molecular formula is C29H37N7O4. The molecule has 2 aromatic heterocycles. The number of hydrogen-bond acceptors (Lipinski definition) is 9. The molecule has 2 unspecified atom stereocenters. The van der Waals surface area contributed by atoms with Crippen molar-refractivity contribution in [3.63, 3.8) is 0 Å². The summed E-state index contributed by atoms with van der Waals surface area (Å²) < 4.78 is 14.2. The Bertz CT molecular complexity index is 1490. The average molecular weight is 548 g/mol. The first-order chi connectivity index (χ1) is 19.0. The molecule has 2 atom stereocenters. The molecule has 0 saturated heterocycles. The number of methoxy groups -OCH3 is 1. The molecule has 40 heavy (non-hydrogen) atoms. The van der Waals surface area contributed by atoms with Crippen LogP contribution in [0.4, 0.5) is 5.95 Å². The number of anilines is 1. The molecule has 0 bridgehead atoms. The Morgan fingerprint density at radius 2 is 2.08 bits per heavy atom. The molecule has 5 rings (SSSR count). The number of nitrogens with one attached hydrogen (secondary N) is 2. The quantitative estimate of drug-likeness (QED) is 0.303. The van der Waals surface area contributed by atoms with Gasteiger partial charge in [-0.15, -0.1) is 0 Å². The van der Waals surface area contributed by atoms with Crippen molar-refractivity contribution in [2.75, 3.05) is 46.2 Å². The molecule has 212 valence electrons. The number of benzene rings is 1. The van der Waals surface area contributed by atoms with Gasteiger partial charge in [-0.3, -0.25) is 10.1 Å². The van der Waals surface area contributed by atoms with Crippen LogP contribution in [0.25, 0.3) is 22.2 Å². The van der Waals surface area contributed by atoms with E-state index in [9.17, 15) is 10.1 Å². The highest BCUT2D eigenvalue weighted by Crippen LogP contribution is 2.39. The molecule has 1 aliphatic heterocycles. The minimum Gasteiger partial charge on any atom is -0.491 e. The summed E-state index contributed by atoms with van der Waals surface area (Å²) in [6.45, 7) is 8.99. The lowest BCUT2D eigenvalue weighted by Gasteiger charge is -2.36. The first-order valence-electron chi connectivity index (χ1n) is 13.4. The third kappa shape index (κ3) is 5.39. The van der Waals surface area contributed by atoms with Crippen LogP contribution in [0.5, 0.6) is 5.75 Å². The maximum absolute atomic E-state index is 12.0. The normalized spacial score (nSPS) is 21.8. The summed E-state index contributed by atoms with van der Waals surface area (Å²) in [6, 6.07) is 7.95. The van der Waals surface area contributed by atoms with Crippen LogP contribution in [0.2, 0.25) is 0 Å². The smallest absolute Gasteiger partial charge is 0.290 e. The molecule has 2 N–H and O–H groups in total. The Morgan fingerprint density at radius 3 is 2.80 bits per heavy atom. The molecule has 0 fully saturated rings. The summed E-state index contributed by atoms with van der Waals surface area (Å²) in [6.07, 6.45) is 6.64. The van der Waals surface area contributed by atoms with Crippen LogP contribution in [0.15, 0.2) is 60.2 Å². The van der Waals surface area contributed by atoms with Crippen molar-refractivity contribution in [3.05, 3.63) is 70.3 Å². The van der Waals surface area contributed by atoms with Gasteiger partial charge in [0.05, 0.1) is 28.3 Å². The van der Waals surface area contributed by atoms with Crippen molar-refractivity contribution in [1.29, 1.82) is 0 Å². The average Bonchev–Trinajstić information content (AvgIpc) is 3.19. The van der Waals surface area contributed by atoms with Crippen molar-refractivity contribution in [2.24, 2.45) is 5.41 Å². The molecule has 2 aliphatic rings. The minimum absolute atomic E-state index is 0.0223. The van der Waals surface area contributed by atoms with E-state index in [4.69, 9.17) is 14.5 Å². The van der Waals surface area contributed by atoms with Gasteiger partial charge in [0, 0.05) is 61.6 Å². The molecular weight excluding hydrogens is 510 g/mol. The summed E-state index contributed by atoms with van der Waals surface area (Å²) in [5.74, 6) is 1.21. The molecule has 0 spiro atoms. The standard InChI is InChI=1S/C29H37N7O4/c1-28(2)17-35-16-20(19-8-7-9-24(26(19)35)40-18-28)21-10-11-31-27(32-21)33-29(3)15-23(36(37)38)22(14-25(29)39-6)30-12-13-34(4)5/h7-11,14-16,25,30H,12-13,17-18H2,1-6H3,(H,31,32,33). The van der Waals surface area contributed by atoms with Gasteiger partial charge in [-0.2, -0.15) is 0 Å². The third-order valence-corrected chi connectivity index (χ3v) is 7.34. The van der Waals surface area contributed by atoms with Crippen molar-refractivity contribution in [2.45, 2.75) is 39.0 Å². The molecule has 0 amide bonds. The highest BCUT2D eigenvalue weighted by molar-refractivity contribution is 5.98. The van der Waals surface area contributed by atoms with Crippen LogP contribution < -0.4 is 15.4 Å². The number of hydrogen-bond donors (Lipinski definition) is 2. The van der Waals surface area contributed by atoms with Crippen LogP contribution in [-0.4, -0.2) is 76.9 Å². The van der Waals surface area contributed by atoms with Crippen molar-refractivity contribution in [1.82, 2.24) is 24.8 Å². The Labute approximate surface area is 234 Å². The zero-order chi connectivity index (χ0) is 28.7. The molecule has 3 aromatic rings. The second kappa shape index (κ2) is 10.5. The van der Waals surface area contributed by atoms with E-state index in [0.717, 1.165) is 41.0 Å². The zero-order valence-electron chi connectivity index (χ0n) is 23.9. The van der Waals surface area contributed by atoms with Crippen LogP contribution >= 0.6 is 0 Å². The van der Waals surface area contributed by atoms with E-state index in [1.54, 1.807) is 25.5 Å². The van der Waals surface area contributed by atoms with Gasteiger partial charge < -0.3 is 29.6 Å². The first-order valence-corrected chi connectivity index (χ1v) is 13.4. The van der Waals surface area contributed by atoms with E-state index in [-0.39, 0.29) is 16.0 Å². The molecule has 1 aromatic carbocycles. The summed E-state index contributed by atoms with van der Waals surface area (Å²) >= 11 is 0. The Hall–Kier alpha value is -3.96. The van der Waals surface area contributed by atoms with Gasteiger partial charge in [0.25, 0.3) is 5.70 Å². The van der Waals surface area contributed by atoms with E-state index in [1.165, 1.54) is 0 Å². The fourth-order valence-electron chi connectivity index (χ4n) is 5.35. The van der Waals surface area contributed by atoms with Crippen LogP contribution in [-0.2, 0) is 11.3 Å². The van der Waals surface area contributed by atoms with E-state index < -0.39 is 11.6 Å². The summed E-state index contributed by atoms with van der Waals surface area (Å²) in [5.41, 5.74) is 2.17. The van der Waals surface area contributed by atoms with E-state index in [2.05, 4.69) is 46.3 Å². The van der Waals surface area contributed by atoms with Gasteiger partial charge in [0.2, 0.25) is 5.95 Å². The number of para-hydroxylation sites is 1. The van der Waals surface area contributed by atoms with Gasteiger partial charge in [-0.1, -0.05) is 26.0 Å². The Morgan fingerprint density at radius 1 is 1.27 bits per heavy atom. The molecule has 0 radical (unpaired) electrons. The zero-order valence-corrected chi connectivity index (χ0v) is 23.9. The predicted octanol–water partition coefficient (Wildman–Crippen LogP) is 3.91. The number of ether oxygens (including phenoxy) is 2. The first kappa shape index (κ1) is 27.6. The van der Waals surface area contributed by atoms with Crippen molar-refractivity contribution >= 4 is 16.9 Å². The topological polar surface area (TPSA) is 120 Å². The number of nitrogens with zero attached hydrogens (tertiary/aromatic N) is 5. The Balaban J connectivity index is 1.48. The van der Waals surface area contributed by atoms with Gasteiger partial charge >= 0.3 is 0 Å². The highest BCUT2D eigenvalue weighted by atomic mass is 16.6. The summed E-state index contributed by atoms with van der Waals surface area (Å²) in [7, 11) is 5.49. The molecule has 0 saturated carbocycles. The SMILES string of the molecule is COC1C=C(NCCN(C)C)C([N+](=O)[O-])=CC1(C)Nc1nccc(-c2cn3c4c(cccc24)OCC(C)(C)C3)n1. The van der Waals surface area contributed by atoms with Gasteiger partial charge in [0.1, 0.15) is 17.6 Å². The minimum atomic E-state index is -0.970. The van der Waals surface area contributed by atoms with E-state index >= 15 is 0 Å². The van der Waals surface area contributed by atoms with Crippen LogP contribution in [0, 0.1) is 15.5 Å². The number of nitro groups is 1. The molecule has 1 aliphatic carbocycles. The van der Waals surface area contributed by atoms with Crippen molar-refractivity contribution < 1.29 is 14.4 Å². The maximum Gasteiger partial charge on any atom is 0.290 e. The van der Waals surface area contributed by atoms with E-state index in [1.807, 2.05) is 44.1 Å². The fraction of sp³-hybridized carbons (Fsp3) is 0.448. The monoisotopic (exact) mass is 547 g/mol. The number of likely N-dealkylation sites (N-methyl/N-ethyl adjacent to an activating group) is 1. The number of rotatable bonds is 9. The second-order valence-electron chi connectivity index (χ2n) is 11.7. The predicted molar refractivity (Wildman–Crippen MR) is 155 cm³/mol. The van der Waals surface area contributed by atoms with Crippen LogP contribution in [0.1, 0.15) is 20.8 Å². The van der Waals surface area contributed by atoms with Crippen molar-refractivity contribution in [3.8, 4) is 17.0 Å². The lowest BCUT2D eigenvalue weighted by atomic mass is 9.87. The number of aromatic nitrogens is 3.